The molecule has 0 saturated carbocycles. The minimum absolute atomic E-state index is 0.168. The van der Waals surface area contributed by atoms with Crippen LogP contribution in [0.25, 0.3) is 0 Å². The van der Waals surface area contributed by atoms with E-state index in [-0.39, 0.29) is 11.8 Å². The zero-order chi connectivity index (χ0) is 18.5. The lowest BCUT2D eigenvalue weighted by atomic mass is 10.1. The van der Waals surface area contributed by atoms with Crippen molar-refractivity contribution < 1.29 is 19.1 Å². The second-order valence-corrected chi connectivity index (χ2v) is 6.14. The molecule has 3 rings (SSSR count). The van der Waals surface area contributed by atoms with Crippen LogP contribution in [0, 0.1) is 0 Å². The highest BCUT2D eigenvalue weighted by molar-refractivity contribution is 6.05. The van der Waals surface area contributed by atoms with Crippen molar-refractivity contribution in [1.82, 2.24) is 4.90 Å². The molecular weight excluding hydrogens is 332 g/mol. The van der Waals surface area contributed by atoms with Gasteiger partial charge in [-0.05, 0) is 36.2 Å². The molecule has 0 aromatic heterocycles. The minimum atomic E-state index is -0.244. The van der Waals surface area contributed by atoms with Gasteiger partial charge in [0.2, 0.25) is 5.91 Å². The van der Waals surface area contributed by atoms with Gasteiger partial charge in [-0.3, -0.25) is 9.59 Å². The number of rotatable bonds is 6. The average Bonchev–Trinajstić information content (AvgIpc) is 3.06. The standard InChI is InChI=1S/C20H22N2O4/c1-25-16-8-9-18(26-2)17(12-16)21-20(24)15-6-3-5-14(11-15)13-22-10-4-7-19(22)23/h3,5-6,8-9,11-12H,4,7,10,13H2,1-2H3,(H,21,24). The molecule has 0 bridgehead atoms. The molecule has 136 valence electrons. The molecule has 6 nitrogen and oxygen atoms in total. The van der Waals surface area contributed by atoms with Crippen molar-refractivity contribution in [3.63, 3.8) is 0 Å². The smallest absolute Gasteiger partial charge is 0.255 e. The molecule has 1 fully saturated rings. The van der Waals surface area contributed by atoms with E-state index in [9.17, 15) is 9.59 Å². The lowest BCUT2D eigenvalue weighted by Gasteiger charge is -2.16. The molecule has 0 unspecified atom stereocenters. The van der Waals surface area contributed by atoms with E-state index < -0.39 is 0 Å². The normalized spacial score (nSPS) is 13.6. The Balaban J connectivity index is 1.76. The summed E-state index contributed by atoms with van der Waals surface area (Å²) < 4.78 is 10.5. The molecule has 0 radical (unpaired) electrons. The summed E-state index contributed by atoms with van der Waals surface area (Å²) >= 11 is 0. The Morgan fingerprint density at radius 1 is 1.15 bits per heavy atom. The highest BCUT2D eigenvalue weighted by atomic mass is 16.5. The zero-order valence-corrected chi connectivity index (χ0v) is 15.0. The van der Waals surface area contributed by atoms with Gasteiger partial charge in [-0.1, -0.05) is 12.1 Å². The minimum Gasteiger partial charge on any atom is -0.497 e. The molecule has 26 heavy (non-hydrogen) atoms. The number of nitrogens with one attached hydrogen (secondary N) is 1. The number of likely N-dealkylation sites (tertiary alicyclic amines) is 1. The fraction of sp³-hybridized carbons (Fsp3) is 0.300. The van der Waals surface area contributed by atoms with E-state index in [1.54, 1.807) is 38.5 Å². The number of hydrogen-bond acceptors (Lipinski definition) is 4. The summed E-state index contributed by atoms with van der Waals surface area (Å²) in [7, 11) is 3.11. The number of hydrogen-bond donors (Lipinski definition) is 1. The Bertz CT molecular complexity index is 819. The molecule has 1 saturated heterocycles. The lowest BCUT2D eigenvalue weighted by molar-refractivity contribution is -0.128. The quantitative estimate of drug-likeness (QED) is 0.866. The van der Waals surface area contributed by atoms with Crippen LogP contribution in [0.3, 0.4) is 0 Å². The number of ether oxygens (including phenoxy) is 2. The Labute approximate surface area is 152 Å². The molecule has 2 aromatic rings. The first kappa shape index (κ1) is 17.8. The van der Waals surface area contributed by atoms with Gasteiger partial charge in [-0.15, -0.1) is 0 Å². The number of methoxy groups -OCH3 is 2. The summed E-state index contributed by atoms with van der Waals surface area (Å²) in [5.74, 6) is 1.10. The fourth-order valence-electron chi connectivity index (χ4n) is 3.01. The van der Waals surface area contributed by atoms with Crippen LogP contribution >= 0.6 is 0 Å². The third-order valence-electron chi connectivity index (χ3n) is 4.39. The predicted molar refractivity (Wildman–Crippen MR) is 98.6 cm³/mol. The summed E-state index contributed by atoms with van der Waals surface area (Å²) in [4.78, 5) is 26.3. The second-order valence-electron chi connectivity index (χ2n) is 6.14. The van der Waals surface area contributed by atoms with Crippen LogP contribution in [0.1, 0.15) is 28.8 Å². The van der Waals surface area contributed by atoms with Crippen LogP contribution in [-0.4, -0.2) is 37.5 Å². The molecule has 2 amide bonds. The topological polar surface area (TPSA) is 67.9 Å². The number of anilines is 1. The molecule has 6 heteroatoms. The van der Waals surface area contributed by atoms with Crippen LogP contribution in [0.2, 0.25) is 0 Å². The average molecular weight is 354 g/mol. The highest BCUT2D eigenvalue weighted by Gasteiger charge is 2.20. The zero-order valence-electron chi connectivity index (χ0n) is 15.0. The van der Waals surface area contributed by atoms with E-state index in [1.807, 2.05) is 23.1 Å². The summed E-state index contributed by atoms with van der Waals surface area (Å²) in [6, 6.07) is 12.5. The van der Waals surface area contributed by atoms with Crippen molar-refractivity contribution >= 4 is 17.5 Å². The second kappa shape index (κ2) is 7.91. The van der Waals surface area contributed by atoms with E-state index in [0.29, 0.717) is 35.7 Å². The lowest BCUT2D eigenvalue weighted by Crippen LogP contribution is -2.24. The van der Waals surface area contributed by atoms with Gasteiger partial charge in [0.25, 0.3) is 5.91 Å². The van der Waals surface area contributed by atoms with Crippen molar-refractivity contribution in [2.75, 3.05) is 26.1 Å². The Hall–Kier alpha value is -3.02. The van der Waals surface area contributed by atoms with Gasteiger partial charge in [0.05, 0.1) is 19.9 Å². The van der Waals surface area contributed by atoms with Crippen molar-refractivity contribution in [1.29, 1.82) is 0 Å². The Morgan fingerprint density at radius 2 is 2.00 bits per heavy atom. The van der Waals surface area contributed by atoms with Gasteiger partial charge in [-0.25, -0.2) is 0 Å². The van der Waals surface area contributed by atoms with Crippen LogP contribution in [0.15, 0.2) is 42.5 Å². The molecule has 0 aliphatic carbocycles. The maximum atomic E-state index is 12.6. The third-order valence-corrected chi connectivity index (χ3v) is 4.39. The Morgan fingerprint density at radius 3 is 2.69 bits per heavy atom. The number of carbonyl (C=O) groups is 2. The first-order chi connectivity index (χ1) is 12.6. The number of amides is 2. The Kier molecular flexibility index (Phi) is 5.41. The highest BCUT2D eigenvalue weighted by Crippen LogP contribution is 2.29. The fourth-order valence-corrected chi connectivity index (χ4v) is 3.01. The van der Waals surface area contributed by atoms with Crippen LogP contribution in [-0.2, 0) is 11.3 Å². The first-order valence-electron chi connectivity index (χ1n) is 8.51. The van der Waals surface area contributed by atoms with Gasteiger partial charge in [0.15, 0.2) is 0 Å². The number of nitrogens with zero attached hydrogens (tertiary/aromatic N) is 1. The summed E-state index contributed by atoms with van der Waals surface area (Å²) in [5, 5.41) is 2.86. The first-order valence-corrected chi connectivity index (χ1v) is 8.51. The van der Waals surface area contributed by atoms with Crippen molar-refractivity contribution in [2.45, 2.75) is 19.4 Å². The van der Waals surface area contributed by atoms with Crippen LogP contribution in [0.4, 0.5) is 5.69 Å². The van der Waals surface area contributed by atoms with Crippen molar-refractivity contribution in [3.8, 4) is 11.5 Å². The molecule has 1 aliphatic heterocycles. The van der Waals surface area contributed by atoms with Gasteiger partial charge in [0, 0.05) is 31.1 Å². The maximum Gasteiger partial charge on any atom is 0.255 e. The van der Waals surface area contributed by atoms with E-state index >= 15 is 0 Å². The van der Waals surface area contributed by atoms with Gasteiger partial charge >= 0.3 is 0 Å². The molecule has 1 heterocycles. The summed E-state index contributed by atoms with van der Waals surface area (Å²) in [6.45, 7) is 1.30. The summed E-state index contributed by atoms with van der Waals surface area (Å²) in [6.07, 6.45) is 1.50. The van der Waals surface area contributed by atoms with Gasteiger partial charge < -0.3 is 19.7 Å². The van der Waals surface area contributed by atoms with Gasteiger partial charge in [0.1, 0.15) is 11.5 Å². The van der Waals surface area contributed by atoms with Gasteiger partial charge in [-0.2, -0.15) is 0 Å². The van der Waals surface area contributed by atoms with Crippen molar-refractivity contribution in [3.05, 3.63) is 53.6 Å². The van der Waals surface area contributed by atoms with E-state index in [4.69, 9.17) is 9.47 Å². The molecule has 0 atom stereocenters. The number of benzene rings is 2. The maximum absolute atomic E-state index is 12.6. The molecule has 1 aliphatic rings. The van der Waals surface area contributed by atoms with Crippen LogP contribution in [0.5, 0.6) is 11.5 Å². The van der Waals surface area contributed by atoms with Crippen molar-refractivity contribution in [2.24, 2.45) is 0 Å². The van der Waals surface area contributed by atoms with E-state index in [0.717, 1.165) is 18.5 Å². The summed E-state index contributed by atoms with van der Waals surface area (Å²) in [5.41, 5.74) is 2.00. The molecule has 1 N–H and O–H groups in total. The predicted octanol–water partition coefficient (Wildman–Crippen LogP) is 3.08. The van der Waals surface area contributed by atoms with E-state index in [1.165, 1.54) is 0 Å². The molecular formula is C20H22N2O4. The van der Waals surface area contributed by atoms with Crippen LogP contribution < -0.4 is 14.8 Å². The monoisotopic (exact) mass is 354 g/mol. The van der Waals surface area contributed by atoms with E-state index in [2.05, 4.69) is 5.32 Å². The largest absolute Gasteiger partial charge is 0.497 e. The number of carbonyl (C=O) groups excluding carboxylic acids is 2. The molecule has 2 aromatic carbocycles. The third kappa shape index (κ3) is 3.96. The SMILES string of the molecule is COc1ccc(OC)c(NC(=O)c2cccc(CN3CCCC3=O)c2)c1. The molecule has 0 spiro atoms.